The summed E-state index contributed by atoms with van der Waals surface area (Å²) < 4.78 is 0. The van der Waals surface area contributed by atoms with Crippen LogP contribution in [0.1, 0.15) is 49.1 Å². The van der Waals surface area contributed by atoms with Gasteiger partial charge in [0.05, 0.1) is 21.1 Å². The van der Waals surface area contributed by atoms with E-state index in [1.165, 1.54) is 72.3 Å². The minimum absolute atomic E-state index is 0.533. The number of piperidine rings is 1. The molecule has 0 bridgehead atoms. The fraction of sp³-hybridized carbons (Fsp3) is 0.364. The summed E-state index contributed by atoms with van der Waals surface area (Å²) in [6, 6.07) is 21.8. The van der Waals surface area contributed by atoms with Gasteiger partial charge >= 0.3 is 0 Å². The van der Waals surface area contributed by atoms with Crippen molar-refractivity contribution in [3.63, 3.8) is 0 Å². The fourth-order valence-corrected chi connectivity index (χ4v) is 6.35. The number of hydrogen-bond donors (Lipinski definition) is 1. The quantitative estimate of drug-likeness (QED) is 0.250. The zero-order valence-corrected chi connectivity index (χ0v) is 23.7. The van der Waals surface area contributed by atoms with Gasteiger partial charge in [0.25, 0.3) is 0 Å². The summed E-state index contributed by atoms with van der Waals surface area (Å²) in [4.78, 5) is 13.7. The van der Waals surface area contributed by atoms with Crippen molar-refractivity contribution < 1.29 is 0 Å². The van der Waals surface area contributed by atoms with Crippen LogP contribution in [0.2, 0.25) is 10.0 Å². The summed E-state index contributed by atoms with van der Waals surface area (Å²) in [6.45, 7) is 6.98. The molecule has 6 heteroatoms. The van der Waals surface area contributed by atoms with Gasteiger partial charge in [-0.1, -0.05) is 71.2 Å². The molecular weight excluding hydrogens is 523 g/mol. The van der Waals surface area contributed by atoms with E-state index in [0.29, 0.717) is 10.0 Å². The molecule has 0 atom stereocenters. The number of aromatic nitrogens is 2. The predicted molar refractivity (Wildman–Crippen MR) is 162 cm³/mol. The second kappa shape index (κ2) is 10.7. The summed E-state index contributed by atoms with van der Waals surface area (Å²) in [6.07, 6.45) is 6.27. The first kappa shape index (κ1) is 25.3. The smallest absolute Gasteiger partial charge is 0.139 e. The van der Waals surface area contributed by atoms with Crippen LogP contribution in [-0.4, -0.2) is 52.5 Å². The van der Waals surface area contributed by atoms with Crippen molar-refractivity contribution >= 4 is 39.8 Å². The molecular formula is C33H34Cl2N4. The molecule has 39 heavy (non-hydrogen) atoms. The molecule has 2 saturated heterocycles. The zero-order chi connectivity index (χ0) is 26.3. The number of H-pyrrole nitrogens is 1. The number of likely N-dealkylation sites (tertiary alicyclic amines) is 2. The molecule has 1 N–H and O–H groups in total. The van der Waals surface area contributed by atoms with Crippen LogP contribution in [0, 0.1) is 5.92 Å². The summed E-state index contributed by atoms with van der Waals surface area (Å²) in [5.41, 5.74) is 9.57. The predicted octanol–water partition coefficient (Wildman–Crippen LogP) is 8.05. The molecule has 200 valence electrons. The number of halogens is 2. The Labute approximate surface area is 240 Å². The van der Waals surface area contributed by atoms with Gasteiger partial charge in [0.15, 0.2) is 0 Å². The number of imidazole rings is 1. The van der Waals surface area contributed by atoms with Gasteiger partial charge in [-0.3, -0.25) is 4.90 Å². The van der Waals surface area contributed by atoms with E-state index >= 15 is 0 Å². The lowest BCUT2D eigenvalue weighted by Gasteiger charge is -2.30. The lowest BCUT2D eigenvalue weighted by Crippen LogP contribution is -2.36. The van der Waals surface area contributed by atoms with Crippen molar-refractivity contribution in [3.05, 3.63) is 93.2 Å². The Kier molecular flexibility index (Phi) is 6.98. The molecule has 3 fully saturated rings. The van der Waals surface area contributed by atoms with Gasteiger partial charge in [0.1, 0.15) is 5.82 Å². The first-order chi connectivity index (χ1) is 19.1. The van der Waals surface area contributed by atoms with Gasteiger partial charge in [-0.15, -0.1) is 0 Å². The Bertz CT molecular complexity index is 1480. The summed E-state index contributed by atoms with van der Waals surface area (Å²) in [5.74, 6) is 1.83. The average Bonchev–Trinajstić information content (AvgIpc) is 3.66. The third-order valence-corrected chi connectivity index (χ3v) is 9.30. The lowest BCUT2D eigenvalue weighted by molar-refractivity contribution is 0.172. The van der Waals surface area contributed by atoms with E-state index in [0.717, 1.165) is 55.3 Å². The van der Waals surface area contributed by atoms with Crippen molar-refractivity contribution in [2.45, 2.75) is 38.6 Å². The van der Waals surface area contributed by atoms with Crippen molar-refractivity contribution in [1.82, 2.24) is 19.8 Å². The van der Waals surface area contributed by atoms with Crippen molar-refractivity contribution in [1.29, 1.82) is 0 Å². The average molecular weight is 558 g/mol. The van der Waals surface area contributed by atoms with E-state index in [1.807, 2.05) is 12.1 Å². The van der Waals surface area contributed by atoms with Gasteiger partial charge in [-0.25, -0.2) is 4.98 Å². The summed E-state index contributed by atoms with van der Waals surface area (Å²) in [5, 5.41) is 1.08. The maximum atomic E-state index is 6.33. The summed E-state index contributed by atoms with van der Waals surface area (Å²) >= 11 is 12.7. The Morgan fingerprint density at radius 2 is 1.62 bits per heavy atom. The van der Waals surface area contributed by atoms with E-state index in [1.54, 1.807) is 0 Å². The number of hydrogen-bond acceptors (Lipinski definition) is 3. The highest BCUT2D eigenvalue weighted by atomic mass is 35.5. The van der Waals surface area contributed by atoms with E-state index < -0.39 is 0 Å². The molecule has 3 heterocycles. The number of fused-ring (bicyclic) bond motifs is 1. The first-order valence-corrected chi connectivity index (χ1v) is 15.1. The maximum absolute atomic E-state index is 6.33. The molecule has 1 aromatic heterocycles. The van der Waals surface area contributed by atoms with Gasteiger partial charge < -0.3 is 9.88 Å². The molecule has 0 radical (unpaired) electrons. The Morgan fingerprint density at radius 1 is 0.846 bits per heavy atom. The first-order valence-electron chi connectivity index (χ1n) is 14.3. The molecule has 1 saturated carbocycles. The second-order valence-electron chi connectivity index (χ2n) is 11.5. The number of nitrogens with one attached hydrogen (secondary N) is 1. The highest BCUT2D eigenvalue weighted by Gasteiger charge is 2.27. The number of rotatable bonds is 7. The zero-order valence-electron chi connectivity index (χ0n) is 22.2. The largest absolute Gasteiger partial charge is 0.338 e. The van der Waals surface area contributed by atoms with Crippen molar-refractivity contribution in [2.75, 3.05) is 32.7 Å². The minimum Gasteiger partial charge on any atom is -0.338 e. The van der Waals surface area contributed by atoms with Crippen LogP contribution in [0.25, 0.3) is 27.7 Å². The van der Waals surface area contributed by atoms with Gasteiger partial charge in [0.2, 0.25) is 0 Å². The van der Waals surface area contributed by atoms with Crippen LogP contribution in [0.15, 0.2) is 66.2 Å². The molecule has 0 spiro atoms. The standard InChI is InChI=1S/C33H34Cl2N4/c34-28-18-30-31(19-29(28)35)37-33(36-30)32(26-11-15-39(16-12-26)20-22-5-6-22)25-9-7-24(8-10-25)27-4-1-3-23(17-27)21-38-13-2-14-38/h1,3-4,7-10,17-19,22H,2,5-6,11-16,20-21H2,(H,36,37). The van der Waals surface area contributed by atoms with Crippen molar-refractivity contribution in [3.8, 4) is 11.1 Å². The van der Waals surface area contributed by atoms with Crippen LogP contribution in [0.5, 0.6) is 0 Å². The van der Waals surface area contributed by atoms with Gasteiger partial charge in [0, 0.05) is 31.8 Å². The molecule has 7 rings (SSSR count). The molecule has 1 aliphatic carbocycles. The van der Waals surface area contributed by atoms with Gasteiger partial charge in [-0.2, -0.15) is 0 Å². The Balaban J connectivity index is 1.21. The van der Waals surface area contributed by atoms with Gasteiger partial charge in [-0.05, 0) is 91.6 Å². The molecule has 4 nitrogen and oxygen atoms in total. The number of benzene rings is 3. The summed E-state index contributed by atoms with van der Waals surface area (Å²) in [7, 11) is 0. The van der Waals surface area contributed by atoms with Crippen molar-refractivity contribution in [2.24, 2.45) is 5.92 Å². The maximum Gasteiger partial charge on any atom is 0.139 e. The van der Waals surface area contributed by atoms with E-state index in [2.05, 4.69) is 63.3 Å². The SMILES string of the molecule is Clc1cc2nc(C(=C3CCN(CC4CC4)CC3)c3ccc(-c4cccc(CN5CCC5)c4)cc3)[nH]c2cc1Cl. The van der Waals surface area contributed by atoms with E-state index in [-0.39, 0.29) is 0 Å². The Morgan fingerprint density at radius 3 is 2.33 bits per heavy atom. The van der Waals surface area contributed by atoms with Crippen LogP contribution in [0.3, 0.4) is 0 Å². The third kappa shape index (κ3) is 5.53. The molecule has 0 amide bonds. The van der Waals surface area contributed by atoms with Crippen LogP contribution in [0.4, 0.5) is 0 Å². The second-order valence-corrected chi connectivity index (χ2v) is 12.3. The molecule has 0 unspecified atom stereocenters. The Hall–Kier alpha value is -2.63. The molecule has 3 aliphatic rings. The van der Waals surface area contributed by atoms with E-state index in [4.69, 9.17) is 28.2 Å². The minimum atomic E-state index is 0.533. The highest BCUT2D eigenvalue weighted by molar-refractivity contribution is 6.42. The van der Waals surface area contributed by atoms with E-state index in [9.17, 15) is 0 Å². The molecule has 2 aliphatic heterocycles. The third-order valence-electron chi connectivity index (χ3n) is 8.58. The topological polar surface area (TPSA) is 35.2 Å². The number of aromatic amines is 1. The molecule has 4 aromatic rings. The monoisotopic (exact) mass is 556 g/mol. The van der Waals surface area contributed by atoms with Crippen LogP contribution >= 0.6 is 23.2 Å². The highest BCUT2D eigenvalue weighted by Crippen LogP contribution is 2.36. The van der Waals surface area contributed by atoms with Crippen LogP contribution < -0.4 is 0 Å². The van der Waals surface area contributed by atoms with Crippen LogP contribution in [-0.2, 0) is 6.54 Å². The molecule has 3 aromatic carbocycles. The number of nitrogens with zero attached hydrogens (tertiary/aromatic N) is 3. The lowest BCUT2D eigenvalue weighted by atomic mass is 9.91. The normalized spacial score (nSPS) is 18.5. The fourth-order valence-electron chi connectivity index (χ4n) is 6.03.